The maximum absolute atomic E-state index is 12.4. The first kappa shape index (κ1) is 19.2. The van der Waals surface area contributed by atoms with E-state index in [1.807, 2.05) is 43.3 Å². The van der Waals surface area contributed by atoms with Crippen molar-refractivity contribution in [2.24, 2.45) is 0 Å². The van der Waals surface area contributed by atoms with Gasteiger partial charge in [-0.15, -0.1) is 0 Å². The van der Waals surface area contributed by atoms with Crippen molar-refractivity contribution in [3.8, 4) is 0 Å². The lowest BCUT2D eigenvalue weighted by atomic mass is 9.98. The van der Waals surface area contributed by atoms with Gasteiger partial charge < -0.3 is 9.64 Å². The number of nitrogens with zero attached hydrogens (tertiary/aromatic N) is 1. The Balaban J connectivity index is 1.82. The zero-order valence-corrected chi connectivity index (χ0v) is 17.2. The second-order valence-corrected chi connectivity index (χ2v) is 9.42. The van der Waals surface area contributed by atoms with Gasteiger partial charge in [-0.1, -0.05) is 36.4 Å². The molecule has 1 heterocycles. The van der Waals surface area contributed by atoms with Crippen LogP contribution in [-0.2, 0) is 33.4 Å². The Bertz CT molecular complexity index is 947. The van der Waals surface area contributed by atoms with Gasteiger partial charge in [0.25, 0.3) is 9.05 Å². The molecule has 0 N–H and O–H groups in total. The molecule has 0 aliphatic carbocycles. The molecule has 26 heavy (non-hydrogen) atoms. The number of amides is 1. The molecule has 1 aliphatic rings. The molecule has 0 unspecified atom stereocenters. The normalized spacial score (nSPS) is 14.0. The lowest BCUT2D eigenvalue weighted by Gasteiger charge is -2.30. The minimum absolute atomic E-state index is 0.0368. The number of rotatable bonds is 3. The molecule has 0 fully saturated rings. The summed E-state index contributed by atoms with van der Waals surface area (Å²) in [5.74, 6) is 0. The number of benzene rings is 2. The van der Waals surface area contributed by atoms with E-state index in [9.17, 15) is 13.2 Å². The molecule has 1 aliphatic heterocycles. The van der Waals surface area contributed by atoms with E-state index in [4.69, 9.17) is 15.4 Å². The van der Waals surface area contributed by atoms with Crippen molar-refractivity contribution in [3.05, 3.63) is 63.1 Å². The standard InChI is InChI=1S/C18H17BrClNO4S/c1-12-9-14-7-8-21(10-15(14)17(16(12)19)26(20,23)24)18(22)25-11-13-5-3-2-4-6-13/h2-6,9H,7-8,10-11H2,1H3. The summed E-state index contributed by atoms with van der Waals surface area (Å²) in [5.41, 5.74) is 3.11. The molecule has 0 saturated heterocycles. The van der Waals surface area contributed by atoms with Gasteiger partial charge in [-0.2, -0.15) is 0 Å². The second kappa shape index (κ2) is 7.58. The number of halogens is 2. The number of ether oxygens (including phenoxy) is 1. The lowest BCUT2D eigenvalue weighted by Crippen LogP contribution is -2.37. The average molecular weight is 459 g/mol. The number of carbonyl (C=O) groups is 1. The average Bonchev–Trinajstić information content (AvgIpc) is 2.60. The molecular weight excluding hydrogens is 442 g/mol. The fraction of sp³-hybridized carbons (Fsp3) is 0.278. The van der Waals surface area contributed by atoms with Crippen LogP contribution in [0.1, 0.15) is 22.3 Å². The van der Waals surface area contributed by atoms with Crippen LogP contribution >= 0.6 is 26.6 Å². The van der Waals surface area contributed by atoms with E-state index in [1.165, 1.54) is 4.90 Å². The Hall–Kier alpha value is -1.57. The molecule has 0 radical (unpaired) electrons. The topological polar surface area (TPSA) is 63.7 Å². The molecule has 1 amide bonds. The molecule has 8 heteroatoms. The van der Waals surface area contributed by atoms with E-state index in [2.05, 4.69) is 15.9 Å². The first-order valence-electron chi connectivity index (χ1n) is 7.98. The number of hydrogen-bond acceptors (Lipinski definition) is 4. The summed E-state index contributed by atoms with van der Waals surface area (Å²) in [4.78, 5) is 13.9. The summed E-state index contributed by atoms with van der Waals surface area (Å²) in [6.45, 7) is 2.59. The lowest BCUT2D eigenvalue weighted by molar-refractivity contribution is 0.0914. The third kappa shape index (κ3) is 4.05. The molecule has 0 saturated carbocycles. The van der Waals surface area contributed by atoms with Gasteiger partial charge in [-0.25, -0.2) is 13.2 Å². The van der Waals surface area contributed by atoms with Gasteiger partial charge in [0.15, 0.2) is 0 Å². The van der Waals surface area contributed by atoms with Crippen LogP contribution in [0.15, 0.2) is 45.8 Å². The van der Waals surface area contributed by atoms with E-state index in [0.717, 1.165) is 16.7 Å². The van der Waals surface area contributed by atoms with Gasteiger partial charge in [0.05, 0.1) is 6.54 Å². The molecule has 138 valence electrons. The highest BCUT2D eigenvalue weighted by atomic mass is 79.9. The third-order valence-corrected chi connectivity index (χ3v) is 6.99. The van der Waals surface area contributed by atoms with E-state index in [-0.39, 0.29) is 18.0 Å². The Labute approximate surface area is 165 Å². The molecule has 5 nitrogen and oxygen atoms in total. The molecule has 0 bridgehead atoms. The van der Waals surface area contributed by atoms with Crippen LogP contribution < -0.4 is 0 Å². The fourth-order valence-corrected chi connectivity index (χ4v) is 5.66. The van der Waals surface area contributed by atoms with Gasteiger partial charge in [0, 0.05) is 21.7 Å². The van der Waals surface area contributed by atoms with Crippen molar-refractivity contribution in [1.82, 2.24) is 4.90 Å². The van der Waals surface area contributed by atoms with Crippen LogP contribution in [-0.4, -0.2) is 26.0 Å². The van der Waals surface area contributed by atoms with Crippen molar-refractivity contribution >= 4 is 41.8 Å². The Morgan fingerprint density at radius 2 is 2.00 bits per heavy atom. The van der Waals surface area contributed by atoms with Gasteiger partial charge in [-0.3, -0.25) is 0 Å². The van der Waals surface area contributed by atoms with Crippen molar-refractivity contribution < 1.29 is 17.9 Å². The number of hydrogen-bond donors (Lipinski definition) is 0. The highest BCUT2D eigenvalue weighted by Crippen LogP contribution is 2.36. The first-order valence-corrected chi connectivity index (χ1v) is 11.1. The summed E-state index contributed by atoms with van der Waals surface area (Å²) in [5, 5.41) is 0. The summed E-state index contributed by atoms with van der Waals surface area (Å²) >= 11 is 3.32. The predicted molar refractivity (Wildman–Crippen MR) is 103 cm³/mol. The molecule has 0 atom stereocenters. The zero-order valence-electron chi connectivity index (χ0n) is 14.0. The van der Waals surface area contributed by atoms with E-state index < -0.39 is 15.1 Å². The van der Waals surface area contributed by atoms with Crippen molar-refractivity contribution in [2.45, 2.75) is 31.4 Å². The van der Waals surface area contributed by atoms with Crippen LogP contribution in [0.4, 0.5) is 4.79 Å². The van der Waals surface area contributed by atoms with Crippen LogP contribution in [0.3, 0.4) is 0 Å². The van der Waals surface area contributed by atoms with Crippen molar-refractivity contribution in [3.63, 3.8) is 0 Å². The second-order valence-electron chi connectivity index (χ2n) is 6.12. The third-order valence-electron chi connectivity index (χ3n) is 4.31. The highest BCUT2D eigenvalue weighted by Gasteiger charge is 2.30. The predicted octanol–water partition coefficient (Wildman–Crippen LogP) is 4.38. The molecule has 2 aromatic carbocycles. The van der Waals surface area contributed by atoms with Crippen LogP contribution in [0.5, 0.6) is 0 Å². The Morgan fingerprint density at radius 1 is 1.31 bits per heavy atom. The van der Waals surface area contributed by atoms with Gasteiger partial charge in [0.2, 0.25) is 0 Å². The smallest absolute Gasteiger partial charge is 0.410 e. The Kier molecular flexibility index (Phi) is 5.60. The molecule has 2 aromatic rings. The maximum Gasteiger partial charge on any atom is 0.410 e. The Morgan fingerprint density at radius 3 is 2.65 bits per heavy atom. The summed E-state index contributed by atoms with van der Waals surface area (Å²) in [6.07, 6.45) is 0.0673. The minimum atomic E-state index is -3.96. The zero-order chi connectivity index (χ0) is 18.9. The maximum atomic E-state index is 12.4. The number of fused-ring (bicyclic) bond motifs is 1. The van der Waals surface area contributed by atoms with Gasteiger partial charge in [0.1, 0.15) is 11.5 Å². The quantitative estimate of drug-likeness (QED) is 0.640. The molecular formula is C18H17BrClNO4S. The molecule has 0 spiro atoms. The van der Waals surface area contributed by atoms with E-state index in [0.29, 0.717) is 23.0 Å². The monoisotopic (exact) mass is 457 g/mol. The minimum Gasteiger partial charge on any atom is -0.445 e. The van der Waals surface area contributed by atoms with Crippen molar-refractivity contribution in [2.75, 3.05) is 6.54 Å². The molecule has 3 rings (SSSR count). The van der Waals surface area contributed by atoms with Crippen LogP contribution in [0.2, 0.25) is 0 Å². The van der Waals surface area contributed by atoms with E-state index in [1.54, 1.807) is 0 Å². The molecule has 0 aromatic heterocycles. The highest BCUT2D eigenvalue weighted by molar-refractivity contribution is 9.10. The van der Waals surface area contributed by atoms with Gasteiger partial charge >= 0.3 is 6.09 Å². The van der Waals surface area contributed by atoms with Crippen molar-refractivity contribution in [1.29, 1.82) is 0 Å². The summed E-state index contributed by atoms with van der Waals surface area (Å²) in [6, 6.07) is 11.3. The summed E-state index contributed by atoms with van der Waals surface area (Å²) < 4.78 is 29.9. The first-order chi connectivity index (χ1) is 12.3. The fourth-order valence-electron chi connectivity index (χ4n) is 3.01. The van der Waals surface area contributed by atoms with E-state index >= 15 is 0 Å². The number of aryl methyl sites for hydroxylation is 1. The van der Waals surface area contributed by atoms with Gasteiger partial charge in [-0.05, 0) is 51.5 Å². The van der Waals surface area contributed by atoms with Crippen LogP contribution in [0.25, 0.3) is 0 Å². The summed E-state index contributed by atoms with van der Waals surface area (Å²) in [7, 11) is 1.69. The SMILES string of the molecule is Cc1cc2c(c(S(=O)(=O)Cl)c1Br)CN(C(=O)OCc1ccccc1)CC2. The number of carbonyl (C=O) groups excluding carboxylic acids is 1. The van der Waals surface area contributed by atoms with Crippen LogP contribution in [0, 0.1) is 6.92 Å². The largest absolute Gasteiger partial charge is 0.445 e.